The molecule has 0 spiro atoms. The second kappa shape index (κ2) is 9.19. The third-order valence-corrected chi connectivity index (χ3v) is 6.28. The first kappa shape index (κ1) is 19.6. The Morgan fingerprint density at radius 3 is 2.81 bits per heavy atom. The zero-order valence-corrected chi connectivity index (χ0v) is 17.4. The van der Waals surface area contributed by atoms with Crippen molar-refractivity contribution in [2.24, 2.45) is 0 Å². The van der Waals surface area contributed by atoms with E-state index in [1.165, 1.54) is 22.2 Å². The van der Waals surface area contributed by atoms with Gasteiger partial charge in [0, 0.05) is 17.0 Å². The van der Waals surface area contributed by atoms with E-state index in [1.54, 1.807) is 11.3 Å². The number of nitrogens with one attached hydrogen (secondary N) is 2. The number of anilines is 1. The number of aromatic nitrogens is 3. The smallest absolute Gasteiger partial charge is 0.237 e. The lowest BCUT2D eigenvalue weighted by Gasteiger charge is -2.17. The molecule has 0 saturated carbocycles. The van der Waals surface area contributed by atoms with Gasteiger partial charge in [-0.25, -0.2) is 4.98 Å². The molecule has 2 unspecified atom stereocenters. The van der Waals surface area contributed by atoms with E-state index in [0.29, 0.717) is 11.1 Å². The maximum absolute atomic E-state index is 12.6. The summed E-state index contributed by atoms with van der Waals surface area (Å²) in [5.41, 5.74) is 2.05. The van der Waals surface area contributed by atoms with E-state index in [-0.39, 0.29) is 11.2 Å². The SMILES string of the molecule is CCC(C)c1ccccc1NC(=O)C(C)Sc1n[nH]c(Cc2cccs2)n1. The highest BCUT2D eigenvalue weighted by molar-refractivity contribution is 8.00. The Balaban J connectivity index is 1.61. The average molecular weight is 401 g/mol. The zero-order chi connectivity index (χ0) is 19.2. The fourth-order valence-corrected chi connectivity index (χ4v) is 4.15. The number of aromatic amines is 1. The highest BCUT2D eigenvalue weighted by Crippen LogP contribution is 2.28. The van der Waals surface area contributed by atoms with Gasteiger partial charge < -0.3 is 5.32 Å². The van der Waals surface area contributed by atoms with Crippen LogP contribution in [0.1, 0.15) is 49.4 Å². The first-order valence-corrected chi connectivity index (χ1v) is 10.8. The molecule has 2 heterocycles. The first-order chi connectivity index (χ1) is 13.1. The number of H-pyrrole nitrogens is 1. The van der Waals surface area contributed by atoms with Gasteiger partial charge in [-0.2, -0.15) is 0 Å². The molecule has 3 aromatic rings. The highest BCUT2D eigenvalue weighted by atomic mass is 32.2. The third-order valence-electron chi connectivity index (χ3n) is 4.45. The molecule has 2 aromatic heterocycles. The molecule has 0 aliphatic heterocycles. The fourth-order valence-electron chi connectivity index (χ4n) is 2.69. The van der Waals surface area contributed by atoms with E-state index in [2.05, 4.69) is 46.5 Å². The molecule has 1 aromatic carbocycles. The monoisotopic (exact) mass is 400 g/mol. The van der Waals surface area contributed by atoms with E-state index in [1.807, 2.05) is 36.6 Å². The van der Waals surface area contributed by atoms with Crippen molar-refractivity contribution in [2.75, 3.05) is 5.32 Å². The van der Waals surface area contributed by atoms with E-state index in [0.717, 1.165) is 24.4 Å². The minimum Gasteiger partial charge on any atom is -0.325 e. The molecule has 0 aliphatic carbocycles. The summed E-state index contributed by atoms with van der Waals surface area (Å²) in [6.45, 7) is 6.20. The molecule has 0 saturated heterocycles. The molecule has 5 nitrogen and oxygen atoms in total. The van der Waals surface area contributed by atoms with Crippen LogP contribution in [-0.2, 0) is 11.2 Å². The van der Waals surface area contributed by atoms with Gasteiger partial charge in [0.1, 0.15) is 5.82 Å². The van der Waals surface area contributed by atoms with Gasteiger partial charge in [0.25, 0.3) is 0 Å². The molecule has 0 radical (unpaired) electrons. The van der Waals surface area contributed by atoms with Crippen molar-refractivity contribution in [3.63, 3.8) is 0 Å². The van der Waals surface area contributed by atoms with Gasteiger partial charge in [-0.1, -0.05) is 49.9 Å². The third kappa shape index (κ3) is 5.20. The van der Waals surface area contributed by atoms with Crippen molar-refractivity contribution in [3.05, 3.63) is 58.0 Å². The maximum Gasteiger partial charge on any atom is 0.237 e. The van der Waals surface area contributed by atoms with Gasteiger partial charge in [0.2, 0.25) is 11.1 Å². The van der Waals surface area contributed by atoms with Gasteiger partial charge >= 0.3 is 0 Å². The Bertz CT molecular complexity index is 876. The number of rotatable bonds is 8. The van der Waals surface area contributed by atoms with Crippen molar-refractivity contribution in [1.29, 1.82) is 0 Å². The minimum absolute atomic E-state index is 0.0413. The second-order valence-electron chi connectivity index (χ2n) is 6.47. The Morgan fingerprint density at radius 2 is 2.07 bits per heavy atom. The normalized spacial score (nSPS) is 13.3. The molecule has 1 amide bonds. The van der Waals surface area contributed by atoms with Crippen LogP contribution < -0.4 is 5.32 Å². The van der Waals surface area contributed by atoms with Crippen LogP contribution in [0.5, 0.6) is 0 Å². The highest BCUT2D eigenvalue weighted by Gasteiger charge is 2.19. The summed E-state index contributed by atoms with van der Waals surface area (Å²) in [5.74, 6) is 1.17. The van der Waals surface area contributed by atoms with Crippen molar-refractivity contribution < 1.29 is 4.79 Å². The molecular formula is C20H24N4OS2. The van der Waals surface area contributed by atoms with E-state index < -0.39 is 0 Å². The molecule has 0 fully saturated rings. The summed E-state index contributed by atoms with van der Waals surface area (Å²) in [5, 5.41) is 12.6. The lowest BCUT2D eigenvalue weighted by Crippen LogP contribution is -2.23. The standard InChI is InChI=1S/C20H24N4OS2/c1-4-13(2)16-9-5-6-10-17(16)21-19(25)14(3)27-20-22-18(23-24-20)12-15-8-7-11-26-15/h5-11,13-14H,4,12H2,1-3H3,(H,21,25)(H,22,23,24). The molecule has 3 rings (SSSR count). The first-order valence-electron chi connectivity index (χ1n) is 9.07. The van der Waals surface area contributed by atoms with Crippen molar-refractivity contribution in [1.82, 2.24) is 15.2 Å². The fraction of sp³-hybridized carbons (Fsp3) is 0.350. The minimum atomic E-state index is -0.291. The Labute approximate surface area is 168 Å². The van der Waals surface area contributed by atoms with Crippen LogP contribution in [-0.4, -0.2) is 26.3 Å². The lowest BCUT2D eigenvalue weighted by molar-refractivity contribution is -0.115. The molecule has 0 aliphatic rings. The second-order valence-corrected chi connectivity index (χ2v) is 8.81. The number of thioether (sulfide) groups is 1. The zero-order valence-electron chi connectivity index (χ0n) is 15.7. The summed E-state index contributed by atoms with van der Waals surface area (Å²) in [6, 6.07) is 12.1. The average Bonchev–Trinajstić information content (AvgIpc) is 3.34. The Morgan fingerprint density at radius 1 is 1.26 bits per heavy atom. The number of benzene rings is 1. The van der Waals surface area contributed by atoms with Crippen LogP contribution in [0.3, 0.4) is 0 Å². The lowest BCUT2D eigenvalue weighted by atomic mass is 9.97. The summed E-state index contributed by atoms with van der Waals surface area (Å²) < 4.78 is 0. The van der Waals surface area contributed by atoms with Crippen LogP contribution in [0.2, 0.25) is 0 Å². The van der Waals surface area contributed by atoms with Gasteiger partial charge in [0.05, 0.1) is 5.25 Å². The van der Waals surface area contributed by atoms with Crippen LogP contribution in [0.15, 0.2) is 46.9 Å². The number of carbonyl (C=O) groups excluding carboxylic acids is 1. The van der Waals surface area contributed by atoms with Gasteiger partial charge in [-0.15, -0.1) is 16.4 Å². The number of hydrogen-bond acceptors (Lipinski definition) is 5. The predicted octanol–water partition coefficient (Wildman–Crippen LogP) is 5.09. The van der Waals surface area contributed by atoms with Crippen molar-refractivity contribution in [2.45, 2.75) is 49.9 Å². The number of hydrogen-bond donors (Lipinski definition) is 2. The topological polar surface area (TPSA) is 70.7 Å². The number of amides is 1. The molecule has 2 atom stereocenters. The maximum atomic E-state index is 12.6. The quantitative estimate of drug-likeness (QED) is 0.517. The number of carbonyl (C=O) groups is 1. The van der Waals surface area contributed by atoms with Crippen molar-refractivity contribution in [3.8, 4) is 0 Å². The molecule has 2 N–H and O–H groups in total. The van der Waals surface area contributed by atoms with Gasteiger partial charge in [-0.3, -0.25) is 9.89 Å². The van der Waals surface area contributed by atoms with Crippen LogP contribution >= 0.6 is 23.1 Å². The van der Waals surface area contributed by atoms with E-state index in [4.69, 9.17) is 0 Å². The summed E-state index contributed by atoms with van der Waals surface area (Å²) in [7, 11) is 0. The predicted molar refractivity (Wildman–Crippen MR) is 113 cm³/mol. The van der Waals surface area contributed by atoms with Crippen molar-refractivity contribution >= 4 is 34.7 Å². The summed E-state index contributed by atoms with van der Waals surface area (Å²) in [4.78, 5) is 18.4. The van der Waals surface area contributed by atoms with E-state index in [9.17, 15) is 4.79 Å². The summed E-state index contributed by atoms with van der Waals surface area (Å²) in [6.07, 6.45) is 1.76. The summed E-state index contributed by atoms with van der Waals surface area (Å²) >= 11 is 3.06. The largest absolute Gasteiger partial charge is 0.325 e. The molecule has 0 bridgehead atoms. The molecule has 7 heteroatoms. The van der Waals surface area contributed by atoms with Crippen LogP contribution in [0.4, 0.5) is 5.69 Å². The molecule has 142 valence electrons. The van der Waals surface area contributed by atoms with E-state index >= 15 is 0 Å². The number of thiophene rings is 1. The number of nitrogens with zero attached hydrogens (tertiary/aromatic N) is 2. The Kier molecular flexibility index (Phi) is 6.68. The molecular weight excluding hydrogens is 376 g/mol. The van der Waals surface area contributed by atoms with Gasteiger partial charge in [-0.05, 0) is 42.3 Å². The van der Waals surface area contributed by atoms with Gasteiger partial charge in [0.15, 0.2) is 0 Å². The van der Waals surface area contributed by atoms with Crippen LogP contribution in [0, 0.1) is 0 Å². The Hall–Kier alpha value is -2.12. The van der Waals surface area contributed by atoms with Crippen LogP contribution in [0.25, 0.3) is 0 Å². The number of para-hydroxylation sites is 1. The molecule has 27 heavy (non-hydrogen) atoms.